The van der Waals surface area contributed by atoms with Crippen molar-refractivity contribution in [3.63, 3.8) is 0 Å². The molecule has 122 valence electrons. The summed E-state index contributed by atoms with van der Waals surface area (Å²) in [5.41, 5.74) is 3.18. The Morgan fingerprint density at radius 2 is 1.28 bits per heavy atom. The number of benzene rings is 3. The van der Waals surface area contributed by atoms with Gasteiger partial charge in [-0.1, -0.05) is 42.5 Å². The van der Waals surface area contributed by atoms with Gasteiger partial charge in [-0.3, -0.25) is 0 Å². The van der Waals surface area contributed by atoms with E-state index < -0.39 is 7.12 Å². The number of anilines is 3. The van der Waals surface area contributed by atoms with E-state index in [-0.39, 0.29) is 0 Å². The van der Waals surface area contributed by atoms with Crippen molar-refractivity contribution < 1.29 is 10.0 Å². The average Bonchev–Trinajstić information content (AvgIpc) is 3.08. The van der Waals surface area contributed by atoms with Crippen LogP contribution in [0.5, 0.6) is 0 Å². The molecule has 4 rings (SSSR count). The monoisotopic (exact) mass is 345 g/mol. The highest BCUT2D eigenvalue weighted by Crippen LogP contribution is 2.36. The molecular weight excluding hydrogens is 329 g/mol. The van der Waals surface area contributed by atoms with Gasteiger partial charge in [0.1, 0.15) is 0 Å². The highest BCUT2D eigenvalue weighted by Gasteiger charge is 2.17. The minimum absolute atomic E-state index is 0.554. The first kappa shape index (κ1) is 15.9. The van der Waals surface area contributed by atoms with Gasteiger partial charge in [0.05, 0.1) is 0 Å². The predicted octanol–water partition coefficient (Wildman–Crippen LogP) is 4.05. The molecule has 5 heteroatoms. The van der Waals surface area contributed by atoms with E-state index in [0.717, 1.165) is 27.1 Å². The minimum Gasteiger partial charge on any atom is -0.423 e. The second-order valence-electron chi connectivity index (χ2n) is 5.75. The topological polar surface area (TPSA) is 43.7 Å². The third-order valence-electron chi connectivity index (χ3n) is 4.06. The van der Waals surface area contributed by atoms with Crippen molar-refractivity contribution in [2.45, 2.75) is 0 Å². The highest BCUT2D eigenvalue weighted by atomic mass is 32.1. The van der Waals surface area contributed by atoms with E-state index in [0.29, 0.717) is 4.78 Å². The molecule has 0 bridgehead atoms. The molecule has 0 aliphatic heterocycles. The van der Waals surface area contributed by atoms with Gasteiger partial charge in [0, 0.05) is 26.5 Å². The van der Waals surface area contributed by atoms with E-state index >= 15 is 0 Å². The minimum atomic E-state index is -1.43. The summed E-state index contributed by atoms with van der Waals surface area (Å²) in [4.78, 5) is 2.19. The fourth-order valence-electron chi connectivity index (χ4n) is 2.91. The molecular formula is C20H16BNO2S. The molecule has 0 radical (unpaired) electrons. The lowest BCUT2D eigenvalue weighted by atomic mass is 9.89. The summed E-state index contributed by atoms with van der Waals surface area (Å²) in [6, 6.07) is 28.4. The molecule has 0 aliphatic carbocycles. The first-order valence-corrected chi connectivity index (χ1v) is 8.84. The van der Waals surface area contributed by atoms with Crippen molar-refractivity contribution in [1.82, 2.24) is 0 Å². The van der Waals surface area contributed by atoms with Gasteiger partial charge in [0.25, 0.3) is 0 Å². The lowest BCUT2D eigenvalue weighted by Crippen LogP contribution is -2.26. The lowest BCUT2D eigenvalue weighted by Gasteiger charge is -2.25. The van der Waals surface area contributed by atoms with E-state index in [1.165, 1.54) is 11.3 Å². The number of hydrogen-bond donors (Lipinski definition) is 2. The van der Waals surface area contributed by atoms with Crippen molar-refractivity contribution in [3.05, 3.63) is 84.9 Å². The Balaban J connectivity index is 1.86. The summed E-state index contributed by atoms with van der Waals surface area (Å²) in [7, 11) is -1.43. The largest absolute Gasteiger partial charge is 0.499 e. The normalized spacial score (nSPS) is 10.8. The third-order valence-corrected chi connectivity index (χ3v) is 5.20. The molecule has 3 nitrogen and oxygen atoms in total. The van der Waals surface area contributed by atoms with Crippen LogP contribution in [-0.4, -0.2) is 17.2 Å². The first-order chi connectivity index (χ1) is 12.2. The maximum atomic E-state index is 9.41. The smallest absolute Gasteiger partial charge is 0.423 e. The van der Waals surface area contributed by atoms with Crippen LogP contribution in [0.3, 0.4) is 0 Å². The zero-order chi connectivity index (χ0) is 17.2. The second kappa shape index (κ2) is 6.72. The van der Waals surface area contributed by atoms with Gasteiger partial charge in [-0.15, -0.1) is 11.3 Å². The van der Waals surface area contributed by atoms with Crippen molar-refractivity contribution in [1.29, 1.82) is 0 Å². The quantitative estimate of drug-likeness (QED) is 0.549. The van der Waals surface area contributed by atoms with E-state index in [4.69, 9.17) is 0 Å². The molecule has 2 N–H and O–H groups in total. The van der Waals surface area contributed by atoms with Gasteiger partial charge in [-0.2, -0.15) is 0 Å². The lowest BCUT2D eigenvalue weighted by molar-refractivity contribution is 0.427. The van der Waals surface area contributed by atoms with Crippen LogP contribution >= 0.6 is 11.3 Å². The van der Waals surface area contributed by atoms with E-state index in [1.54, 1.807) is 0 Å². The Kier molecular flexibility index (Phi) is 4.28. The first-order valence-electron chi connectivity index (χ1n) is 8.02. The van der Waals surface area contributed by atoms with Crippen LogP contribution in [0.4, 0.5) is 17.1 Å². The highest BCUT2D eigenvalue weighted by molar-refractivity contribution is 7.27. The summed E-state index contributed by atoms with van der Waals surface area (Å²) >= 11 is 1.40. The van der Waals surface area contributed by atoms with Gasteiger partial charge in [0.15, 0.2) is 0 Å². The standard InChI is InChI=1S/C20H16BNO2S/c23-21(24)20-13-15-11-12-18(14-19(15)25-20)22(16-7-3-1-4-8-16)17-9-5-2-6-10-17/h1-14,23-24H. The van der Waals surface area contributed by atoms with Crippen molar-refractivity contribution in [2.24, 2.45) is 0 Å². The molecule has 0 saturated carbocycles. The molecule has 1 aromatic heterocycles. The average molecular weight is 345 g/mol. The van der Waals surface area contributed by atoms with Gasteiger partial charge in [-0.25, -0.2) is 0 Å². The fourth-order valence-corrected chi connectivity index (χ4v) is 3.88. The fraction of sp³-hybridized carbons (Fsp3) is 0. The molecule has 0 spiro atoms. The van der Waals surface area contributed by atoms with Crippen LogP contribution in [-0.2, 0) is 0 Å². The second-order valence-corrected chi connectivity index (χ2v) is 6.87. The maximum absolute atomic E-state index is 9.41. The SMILES string of the molecule is OB(O)c1cc2ccc(N(c3ccccc3)c3ccccc3)cc2s1. The molecule has 4 aromatic rings. The zero-order valence-corrected chi connectivity index (χ0v) is 14.2. The van der Waals surface area contributed by atoms with Crippen LogP contribution in [0.25, 0.3) is 10.1 Å². The van der Waals surface area contributed by atoms with Crippen molar-refractivity contribution in [3.8, 4) is 0 Å². The van der Waals surface area contributed by atoms with Crippen LogP contribution in [0.15, 0.2) is 84.9 Å². The van der Waals surface area contributed by atoms with Gasteiger partial charge in [0.2, 0.25) is 0 Å². The number of nitrogens with zero attached hydrogens (tertiary/aromatic N) is 1. The molecule has 3 aromatic carbocycles. The Hall–Kier alpha value is -2.60. The zero-order valence-electron chi connectivity index (χ0n) is 13.4. The molecule has 0 fully saturated rings. The van der Waals surface area contributed by atoms with Gasteiger partial charge < -0.3 is 14.9 Å². The number of para-hydroxylation sites is 2. The molecule has 0 unspecified atom stereocenters. The summed E-state index contributed by atoms with van der Waals surface area (Å²) in [5, 5.41) is 19.8. The molecule has 0 aliphatic rings. The van der Waals surface area contributed by atoms with Crippen LogP contribution in [0.2, 0.25) is 0 Å². The van der Waals surface area contributed by atoms with Crippen LogP contribution < -0.4 is 9.68 Å². The summed E-state index contributed by atoms with van der Waals surface area (Å²) < 4.78 is 1.58. The van der Waals surface area contributed by atoms with Crippen LogP contribution in [0.1, 0.15) is 0 Å². The summed E-state index contributed by atoms with van der Waals surface area (Å²) in [6.45, 7) is 0. The third kappa shape index (κ3) is 3.17. The number of fused-ring (bicyclic) bond motifs is 1. The van der Waals surface area contributed by atoms with E-state index in [9.17, 15) is 10.0 Å². The van der Waals surface area contributed by atoms with Gasteiger partial charge >= 0.3 is 7.12 Å². The predicted molar refractivity (Wildman–Crippen MR) is 106 cm³/mol. The Bertz CT molecular complexity index is 947. The maximum Gasteiger partial charge on any atom is 0.499 e. The number of rotatable bonds is 4. The number of thiophene rings is 1. The molecule has 0 amide bonds. The van der Waals surface area contributed by atoms with Crippen LogP contribution in [0, 0.1) is 0 Å². The Labute approximate surface area is 150 Å². The van der Waals surface area contributed by atoms with Crippen molar-refractivity contribution >= 4 is 50.4 Å². The molecule has 25 heavy (non-hydrogen) atoms. The van der Waals surface area contributed by atoms with E-state index in [1.807, 2.05) is 48.5 Å². The Morgan fingerprint density at radius 3 is 1.84 bits per heavy atom. The summed E-state index contributed by atoms with van der Waals surface area (Å²) in [6.07, 6.45) is 0. The molecule has 0 atom stereocenters. The number of hydrogen-bond acceptors (Lipinski definition) is 4. The molecule has 1 heterocycles. The van der Waals surface area contributed by atoms with E-state index in [2.05, 4.69) is 41.3 Å². The summed E-state index contributed by atoms with van der Waals surface area (Å²) in [5.74, 6) is 0. The van der Waals surface area contributed by atoms with Gasteiger partial charge in [-0.05, 0) is 47.9 Å². The molecule has 0 saturated heterocycles. The van der Waals surface area contributed by atoms with Crippen molar-refractivity contribution in [2.75, 3.05) is 4.90 Å². The Morgan fingerprint density at radius 1 is 0.680 bits per heavy atom.